The van der Waals surface area contributed by atoms with Gasteiger partial charge in [-0.15, -0.1) is 0 Å². The van der Waals surface area contributed by atoms with Crippen LogP contribution in [0.5, 0.6) is 0 Å². The van der Waals surface area contributed by atoms with Gasteiger partial charge in [-0.3, -0.25) is 4.79 Å². The molecule has 0 atom stereocenters. The second-order valence-electron chi connectivity index (χ2n) is 4.19. The predicted octanol–water partition coefficient (Wildman–Crippen LogP) is 1.35. The number of aromatic nitrogens is 1. The van der Waals surface area contributed by atoms with Crippen LogP contribution in [0.3, 0.4) is 0 Å². The number of hydrogen-bond donors (Lipinski definition) is 2. The van der Waals surface area contributed by atoms with Crippen LogP contribution in [0.2, 0.25) is 0 Å². The summed E-state index contributed by atoms with van der Waals surface area (Å²) < 4.78 is 4.88. The number of amides is 1. The first-order valence-electron chi connectivity index (χ1n) is 5.83. The van der Waals surface area contributed by atoms with E-state index < -0.39 is 0 Å². The molecule has 1 aromatic heterocycles. The molecule has 0 aliphatic carbocycles. The van der Waals surface area contributed by atoms with Crippen LogP contribution >= 0.6 is 0 Å². The fraction of sp³-hybridized carbons (Fsp3) is 0.154. The maximum absolute atomic E-state index is 12.3. The monoisotopic (exact) mass is 274 g/mol. The minimum absolute atomic E-state index is 0.0726. The molecule has 0 fully saturated rings. The Labute approximate surface area is 115 Å². The van der Waals surface area contributed by atoms with Crippen molar-refractivity contribution in [1.82, 2.24) is 5.16 Å². The number of nitrogens with zero attached hydrogens (tertiary/aromatic N) is 3. The summed E-state index contributed by atoms with van der Waals surface area (Å²) in [6.45, 7) is 1.70. The Morgan fingerprint density at radius 1 is 1.45 bits per heavy atom. The molecule has 0 saturated heterocycles. The summed E-state index contributed by atoms with van der Waals surface area (Å²) in [6.07, 6.45) is 0. The highest BCUT2D eigenvalue weighted by Crippen LogP contribution is 2.20. The standard InChI is InChI=1S/C13H14N4O3/c1-8-7-10(16-20-8)13(18)17(2)11-6-4-3-5-9(11)12(14)15-19/h3-7,19H,1-2H3,(H2,14,15). The van der Waals surface area contributed by atoms with Crippen molar-refractivity contribution in [2.45, 2.75) is 6.92 Å². The van der Waals surface area contributed by atoms with Crippen molar-refractivity contribution in [1.29, 1.82) is 0 Å². The number of hydrogen-bond acceptors (Lipinski definition) is 5. The Kier molecular flexibility index (Phi) is 3.69. The van der Waals surface area contributed by atoms with Crippen LogP contribution in [0.1, 0.15) is 21.8 Å². The summed E-state index contributed by atoms with van der Waals surface area (Å²) in [4.78, 5) is 13.6. The summed E-state index contributed by atoms with van der Waals surface area (Å²) in [5, 5.41) is 15.4. The number of anilines is 1. The molecule has 0 aliphatic heterocycles. The average molecular weight is 274 g/mol. The van der Waals surface area contributed by atoms with E-state index in [1.807, 2.05) is 0 Å². The summed E-state index contributed by atoms with van der Waals surface area (Å²) >= 11 is 0. The van der Waals surface area contributed by atoms with Crippen molar-refractivity contribution in [2.75, 3.05) is 11.9 Å². The van der Waals surface area contributed by atoms with Gasteiger partial charge >= 0.3 is 0 Å². The molecular weight excluding hydrogens is 260 g/mol. The van der Waals surface area contributed by atoms with Gasteiger partial charge in [-0.25, -0.2) is 0 Å². The van der Waals surface area contributed by atoms with Crippen molar-refractivity contribution >= 4 is 17.4 Å². The van der Waals surface area contributed by atoms with Crippen LogP contribution < -0.4 is 10.6 Å². The number of carbonyl (C=O) groups excluding carboxylic acids is 1. The highest BCUT2D eigenvalue weighted by atomic mass is 16.5. The lowest BCUT2D eigenvalue weighted by molar-refractivity contribution is 0.0984. The van der Waals surface area contributed by atoms with Crippen molar-refractivity contribution in [2.24, 2.45) is 10.9 Å². The smallest absolute Gasteiger partial charge is 0.280 e. The quantitative estimate of drug-likeness (QED) is 0.380. The summed E-state index contributed by atoms with van der Waals surface area (Å²) in [7, 11) is 1.58. The highest BCUT2D eigenvalue weighted by Gasteiger charge is 2.20. The lowest BCUT2D eigenvalue weighted by Gasteiger charge is -2.18. The first kappa shape index (κ1) is 13.6. The van der Waals surface area contributed by atoms with E-state index in [0.717, 1.165) is 0 Å². The molecule has 1 aromatic carbocycles. The van der Waals surface area contributed by atoms with Gasteiger partial charge in [0, 0.05) is 18.7 Å². The van der Waals surface area contributed by atoms with Gasteiger partial charge in [0.05, 0.1) is 5.69 Å². The van der Waals surface area contributed by atoms with E-state index in [2.05, 4.69) is 10.3 Å². The van der Waals surface area contributed by atoms with Gasteiger partial charge in [-0.1, -0.05) is 22.4 Å². The largest absolute Gasteiger partial charge is 0.409 e. The summed E-state index contributed by atoms with van der Waals surface area (Å²) in [5.41, 5.74) is 6.76. The molecule has 0 unspecified atom stereocenters. The average Bonchev–Trinajstić information content (AvgIpc) is 2.91. The minimum Gasteiger partial charge on any atom is -0.409 e. The van der Waals surface area contributed by atoms with E-state index in [0.29, 0.717) is 17.0 Å². The number of oxime groups is 1. The van der Waals surface area contributed by atoms with Gasteiger partial charge in [0.15, 0.2) is 11.5 Å². The third-order valence-corrected chi connectivity index (χ3v) is 2.80. The van der Waals surface area contributed by atoms with Gasteiger partial charge in [-0.2, -0.15) is 0 Å². The summed E-state index contributed by atoms with van der Waals surface area (Å²) in [5.74, 6) is 0.128. The number of benzene rings is 1. The highest BCUT2D eigenvalue weighted by molar-refractivity contribution is 6.10. The molecule has 0 spiro atoms. The normalized spacial score (nSPS) is 11.4. The van der Waals surface area contributed by atoms with E-state index >= 15 is 0 Å². The lowest BCUT2D eigenvalue weighted by Crippen LogP contribution is -2.29. The van der Waals surface area contributed by atoms with Crippen molar-refractivity contribution in [3.63, 3.8) is 0 Å². The zero-order valence-electron chi connectivity index (χ0n) is 11.1. The van der Waals surface area contributed by atoms with Crippen LogP contribution in [-0.4, -0.2) is 29.2 Å². The first-order valence-corrected chi connectivity index (χ1v) is 5.83. The lowest BCUT2D eigenvalue weighted by atomic mass is 10.1. The van der Waals surface area contributed by atoms with Gasteiger partial charge in [0.2, 0.25) is 0 Å². The molecule has 0 radical (unpaired) electrons. The number of rotatable bonds is 3. The number of para-hydroxylation sites is 1. The van der Waals surface area contributed by atoms with Crippen LogP contribution in [0, 0.1) is 6.92 Å². The maximum atomic E-state index is 12.3. The Balaban J connectivity index is 2.39. The Bertz CT molecular complexity index is 663. The molecule has 0 aliphatic rings. The van der Waals surface area contributed by atoms with Crippen molar-refractivity contribution < 1.29 is 14.5 Å². The third kappa shape index (κ3) is 2.46. The van der Waals surface area contributed by atoms with Crippen LogP contribution in [0.25, 0.3) is 0 Å². The molecular formula is C13H14N4O3. The Morgan fingerprint density at radius 2 is 2.15 bits per heavy atom. The van der Waals surface area contributed by atoms with E-state index in [9.17, 15) is 4.79 Å². The molecule has 2 aromatic rings. The number of aryl methyl sites for hydroxylation is 1. The number of nitrogens with two attached hydrogens (primary N) is 1. The maximum Gasteiger partial charge on any atom is 0.280 e. The zero-order chi connectivity index (χ0) is 14.7. The third-order valence-electron chi connectivity index (χ3n) is 2.80. The molecule has 1 amide bonds. The van der Waals surface area contributed by atoms with Crippen LogP contribution in [0.4, 0.5) is 5.69 Å². The predicted molar refractivity (Wildman–Crippen MR) is 72.9 cm³/mol. The van der Waals surface area contributed by atoms with Gasteiger partial charge in [-0.05, 0) is 19.1 Å². The number of carbonyl (C=O) groups is 1. The second-order valence-corrected chi connectivity index (χ2v) is 4.19. The van der Waals surface area contributed by atoms with Crippen molar-refractivity contribution in [3.8, 4) is 0 Å². The molecule has 20 heavy (non-hydrogen) atoms. The molecule has 1 heterocycles. The molecule has 104 valence electrons. The SMILES string of the molecule is Cc1cc(C(=O)N(C)c2ccccc2/C(N)=N/O)no1. The van der Waals surface area contributed by atoms with Gasteiger partial charge in [0.25, 0.3) is 5.91 Å². The fourth-order valence-corrected chi connectivity index (χ4v) is 1.79. The molecule has 2 rings (SSSR count). The number of amidine groups is 1. The van der Waals surface area contributed by atoms with Crippen LogP contribution in [0.15, 0.2) is 40.0 Å². The van der Waals surface area contributed by atoms with E-state index in [1.165, 1.54) is 4.90 Å². The second kappa shape index (κ2) is 5.43. The van der Waals surface area contributed by atoms with Crippen LogP contribution in [-0.2, 0) is 0 Å². The Hall–Kier alpha value is -2.83. The van der Waals surface area contributed by atoms with Crippen molar-refractivity contribution in [3.05, 3.63) is 47.3 Å². The van der Waals surface area contributed by atoms with E-state index in [4.69, 9.17) is 15.5 Å². The van der Waals surface area contributed by atoms with Gasteiger partial charge < -0.3 is 20.4 Å². The molecule has 0 bridgehead atoms. The zero-order valence-corrected chi connectivity index (χ0v) is 11.1. The molecule has 0 saturated carbocycles. The van der Waals surface area contributed by atoms with E-state index in [1.54, 1.807) is 44.3 Å². The molecule has 3 N–H and O–H groups in total. The minimum atomic E-state index is -0.347. The molecule has 7 nitrogen and oxygen atoms in total. The van der Waals surface area contributed by atoms with E-state index in [-0.39, 0.29) is 17.4 Å². The Morgan fingerprint density at radius 3 is 2.75 bits per heavy atom. The summed E-state index contributed by atoms with van der Waals surface area (Å²) in [6, 6.07) is 8.38. The topological polar surface area (TPSA) is 105 Å². The van der Waals surface area contributed by atoms with Gasteiger partial charge in [0.1, 0.15) is 5.76 Å². The molecule has 7 heteroatoms. The fourth-order valence-electron chi connectivity index (χ4n) is 1.79. The first-order chi connectivity index (χ1) is 9.54.